The lowest BCUT2D eigenvalue weighted by Crippen LogP contribution is -2.45. The van der Waals surface area contributed by atoms with Crippen LogP contribution >= 0.6 is 0 Å². The van der Waals surface area contributed by atoms with Crippen molar-refractivity contribution in [2.24, 2.45) is 11.7 Å². The van der Waals surface area contributed by atoms with Crippen molar-refractivity contribution in [3.8, 4) is 0 Å². The van der Waals surface area contributed by atoms with Crippen molar-refractivity contribution in [3.05, 3.63) is 60.2 Å². The number of hydrogen-bond donors (Lipinski definition) is 5. The standard InChI is InChI=1S/C17H19N5O4S/c18-15(23)11-6-8-12(9-7-11)20-16(24)14-10-19-21-17(14)27(25,26)22-13-4-2-1-3-5-13/h1-9,14,17,19,21-22H,10H2,(H2,18,23)(H,20,24). The molecule has 2 aromatic rings. The lowest BCUT2D eigenvalue weighted by atomic mass is 10.1. The smallest absolute Gasteiger partial charge is 0.250 e. The second-order valence-electron chi connectivity index (χ2n) is 6.00. The summed E-state index contributed by atoms with van der Waals surface area (Å²) in [6, 6.07) is 14.4. The number of nitrogens with one attached hydrogen (secondary N) is 4. The second kappa shape index (κ2) is 7.74. The molecule has 1 saturated heterocycles. The van der Waals surface area contributed by atoms with Gasteiger partial charge in [0.05, 0.1) is 5.92 Å². The zero-order chi connectivity index (χ0) is 19.4. The van der Waals surface area contributed by atoms with Gasteiger partial charge in [-0.3, -0.25) is 19.7 Å². The average molecular weight is 389 g/mol. The maximum atomic E-state index is 12.6. The van der Waals surface area contributed by atoms with Crippen molar-refractivity contribution in [3.63, 3.8) is 0 Å². The fraction of sp³-hybridized carbons (Fsp3) is 0.176. The van der Waals surface area contributed by atoms with Crippen LogP contribution in [0.3, 0.4) is 0 Å². The normalized spacial score (nSPS) is 19.4. The van der Waals surface area contributed by atoms with E-state index in [1.54, 1.807) is 30.3 Å². The molecule has 1 fully saturated rings. The molecule has 2 amide bonds. The molecule has 1 aliphatic heterocycles. The highest BCUT2D eigenvalue weighted by atomic mass is 32.2. The molecule has 27 heavy (non-hydrogen) atoms. The Kier molecular flexibility index (Phi) is 5.40. The van der Waals surface area contributed by atoms with E-state index in [1.165, 1.54) is 24.3 Å². The first-order valence-electron chi connectivity index (χ1n) is 8.12. The summed E-state index contributed by atoms with van der Waals surface area (Å²) in [5, 5.41) is 1.50. The summed E-state index contributed by atoms with van der Waals surface area (Å²) < 4.78 is 27.8. The molecule has 0 saturated carbocycles. The quantitative estimate of drug-likeness (QED) is 0.478. The molecule has 0 aromatic heterocycles. The Morgan fingerprint density at radius 3 is 2.30 bits per heavy atom. The summed E-state index contributed by atoms with van der Waals surface area (Å²) in [4.78, 5) is 23.7. The van der Waals surface area contributed by atoms with Gasteiger partial charge in [0.1, 0.15) is 0 Å². The lowest BCUT2D eigenvalue weighted by Gasteiger charge is -2.19. The molecule has 0 spiro atoms. The number of sulfonamides is 1. The van der Waals surface area contributed by atoms with Crippen molar-refractivity contribution in [1.29, 1.82) is 0 Å². The number of nitrogens with two attached hydrogens (primary N) is 1. The molecule has 1 aliphatic rings. The van der Waals surface area contributed by atoms with Crippen molar-refractivity contribution in [1.82, 2.24) is 10.9 Å². The van der Waals surface area contributed by atoms with Gasteiger partial charge in [-0.1, -0.05) is 18.2 Å². The number of primary amides is 1. The third-order valence-electron chi connectivity index (χ3n) is 4.07. The minimum absolute atomic E-state index is 0.144. The number of rotatable bonds is 6. The molecule has 2 unspecified atom stereocenters. The Hall–Kier alpha value is -2.95. The molecule has 142 valence electrons. The Morgan fingerprint density at radius 2 is 1.67 bits per heavy atom. The third kappa shape index (κ3) is 4.42. The van der Waals surface area contributed by atoms with Crippen LogP contribution in [0.5, 0.6) is 0 Å². The highest BCUT2D eigenvalue weighted by Gasteiger charge is 2.41. The van der Waals surface area contributed by atoms with Gasteiger partial charge in [-0.2, -0.15) is 0 Å². The maximum Gasteiger partial charge on any atom is 0.250 e. The predicted octanol–water partition coefficient (Wildman–Crippen LogP) is 0.216. The first-order chi connectivity index (χ1) is 12.9. The number of carbonyl (C=O) groups excluding carboxylic acids is 2. The SMILES string of the molecule is NC(=O)c1ccc(NC(=O)C2CNNC2S(=O)(=O)Nc2ccccc2)cc1. The van der Waals surface area contributed by atoms with E-state index in [0.29, 0.717) is 16.9 Å². The molecule has 2 aromatic carbocycles. The van der Waals surface area contributed by atoms with Gasteiger partial charge >= 0.3 is 0 Å². The van der Waals surface area contributed by atoms with E-state index in [1.807, 2.05) is 0 Å². The Labute approximate surface area is 156 Å². The van der Waals surface area contributed by atoms with Gasteiger partial charge < -0.3 is 11.1 Å². The highest BCUT2D eigenvalue weighted by molar-refractivity contribution is 7.93. The minimum atomic E-state index is -3.86. The summed E-state index contributed by atoms with van der Waals surface area (Å²) in [7, 11) is -3.86. The largest absolute Gasteiger partial charge is 0.366 e. The molecular formula is C17H19N5O4S. The van der Waals surface area contributed by atoms with E-state index in [2.05, 4.69) is 20.9 Å². The van der Waals surface area contributed by atoms with Crippen molar-refractivity contribution in [2.45, 2.75) is 5.37 Å². The fourth-order valence-corrected chi connectivity index (χ4v) is 4.17. The molecule has 0 bridgehead atoms. The number of hydrogen-bond acceptors (Lipinski definition) is 6. The highest BCUT2D eigenvalue weighted by Crippen LogP contribution is 2.20. The van der Waals surface area contributed by atoms with Crippen LogP contribution < -0.4 is 26.6 Å². The van der Waals surface area contributed by atoms with Gasteiger partial charge in [0.15, 0.2) is 5.37 Å². The number of benzene rings is 2. The lowest BCUT2D eigenvalue weighted by molar-refractivity contribution is -0.119. The van der Waals surface area contributed by atoms with E-state index in [0.717, 1.165) is 0 Å². The van der Waals surface area contributed by atoms with Gasteiger partial charge in [0, 0.05) is 23.5 Å². The van der Waals surface area contributed by atoms with Crippen molar-refractivity contribution < 1.29 is 18.0 Å². The van der Waals surface area contributed by atoms with Crippen LogP contribution in [-0.2, 0) is 14.8 Å². The Bertz CT molecular complexity index is 932. The zero-order valence-corrected chi connectivity index (χ0v) is 15.0. The predicted molar refractivity (Wildman–Crippen MR) is 101 cm³/mol. The summed E-state index contributed by atoms with van der Waals surface area (Å²) in [5.41, 5.74) is 11.7. The summed E-state index contributed by atoms with van der Waals surface area (Å²) >= 11 is 0. The number of amides is 2. The van der Waals surface area contributed by atoms with Crippen molar-refractivity contribution in [2.75, 3.05) is 16.6 Å². The Balaban J connectivity index is 1.71. The molecule has 10 heteroatoms. The van der Waals surface area contributed by atoms with Crippen LogP contribution in [0.25, 0.3) is 0 Å². The molecule has 1 heterocycles. The van der Waals surface area contributed by atoms with E-state index in [9.17, 15) is 18.0 Å². The zero-order valence-electron chi connectivity index (χ0n) is 14.2. The molecule has 6 N–H and O–H groups in total. The maximum absolute atomic E-state index is 12.6. The first-order valence-corrected chi connectivity index (χ1v) is 9.67. The first kappa shape index (κ1) is 18.8. The van der Waals surface area contributed by atoms with E-state index in [4.69, 9.17) is 5.73 Å². The molecule has 0 aliphatic carbocycles. The second-order valence-corrected chi connectivity index (χ2v) is 7.80. The van der Waals surface area contributed by atoms with Crippen LogP contribution in [0.2, 0.25) is 0 Å². The van der Waals surface area contributed by atoms with Gasteiger partial charge in [-0.15, -0.1) is 0 Å². The monoisotopic (exact) mass is 389 g/mol. The summed E-state index contributed by atoms with van der Waals surface area (Å²) in [5.74, 6) is -1.90. The van der Waals surface area contributed by atoms with E-state index < -0.39 is 33.1 Å². The van der Waals surface area contributed by atoms with Crippen LogP contribution in [0.1, 0.15) is 10.4 Å². The van der Waals surface area contributed by atoms with Gasteiger partial charge in [-0.05, 0) is 36.4 Å². The van der Waals surface area contributed by atoms with Crippen LogP contribution in [0.15, 0.2) is 54.6 Å². The topological polar surface area (TPSA) is 142 Å². The number of anilines is 2. The van der Waals surface area contributed by atoms with Gasteiger partial charge in [-0.25, -0.2) is 13.8 Å². The van der Waals surface area contributed by atoms with E-state index >= 15 is 0 Å². The van der Waals surface area contributed by atoms with E-state index in [-0.39, 0.29) is 6.54 Å². The molecule has 3 rings (SSSR count). The Morgan fingerprint density at radius 1 is 1.00 bits per heavy atom. The van der Waals surface area contributed by atoms with Gasteiger partial charge in [0.25, 0.3) is 10.0 Å². The average Bonchev–Trinajstić information content (AvgIpc) is 3.14. The third-order valence-corrected chi connectivity index (χ3v) is 5.71. The minimum Gasteiger partial charge on any atom is -0.366 e. The van der Waals surface area contributed by atoms with Crippen molar-refractivity contribution >= 4 is 33.2 Å². The number of carbonyl (C=O) groups is 2. The molecule has 9 nitrogen and oxygen atoms in total. The molecule has 0 radical (unpaired) electrons. The fourth-order valence-electron chi connectivity index (χ4n) is 2.69. The molecular weight excluding hydrogens is 370 g/mol. The van der Waals surface area contributed by atoms with Crippen LogP contribution in [0, 0.1) is 5.92 Å². The van der Waals surface area contributed by atoms with Crippen LogP contribution in [0.4, 0.5) is 11.4 Å². The summed E-state index contributed by atoms with van der Waals surface area (Å²) in [6.45, 7) is 0.144. The number of para-hydroxylation sites is 1. The van der Waals surface area contributed by atoms with Gasteiger partial charge in [0.2, 0.25) is 11.8 Å². The van der Waals surface area contributed by atoms with Crippen LogP contribution in [-0.4, -0.2) is 32.2 Å². The number of hydrazine groups is 1. The summed E-state index contributed by atoms with van der Waals surface area (Å²) in [6.07, 6.45) is 0. The molecule has 2 atom stereocenters.